The van der Waals surface area contributed by atoms with Gasteiger partial charge in [-0.1, -0.05) is 6.92 Å². The van der Waals surface area contributed by atoms with E-state index in [4.69, 9.17) is 14.6 Å². The van der Waals surface area contributed by atoms with Gasteiger partial charge in [-0.3, -0.25) is 9.59 Å². The van der Waals surface area contributed by atoms with Crippen LogP contribution in [0.25, 0.3) is 0 Å². The lowest BCUT2D eigenvalue weighted by atomic mass is 9.97. The van der Waals surface area contributed by atoms with Crippen molar-refractivity contribution in [2.24, 2.45) is 0 Å². The highest BCUT2D eigenvalue weighted by molar-refractivity contribution is 5.76. The first-order valence-electron chi connectivity index (χ1n) is 8.37. The first kappa shape index (κ1) is 22.1. The van der Waals surface area contributed by atoms with E-state index < -0.39 is 55.2 Å². The number of aliphatic hydroxyl groups excluding tert-OH is 3. The van der Waals surface area contributed by atoms with Gasteiger partial charge in [0.05, 0.1) is 0 Å². The topological polar surface area (TPSA) is 175 Å². The van der Waals surface area contributed by atoms with Crippen LogP contribution in [0.5, 0.6) is 0 Å². The van der Waals surface area contributed by atoms with Crippen LogP contribution in [0.2, 0.25) is 0 Å². The number of hydrogen-bond acceptors (Lipinski definition) is 8. The van der Waals surface area contributed by atoms with E-state index in [-0.39, 0.29) is 25.8 Å². The van der Waals surface area contributed by atoms with E-state index in [1.807, 2.05) is 0 Å². The minimum atomic E-state index is -1.58. The largest absolute Gasteiger partial charge is 0.481 e. The normalized spacial score (nSPS) is 28.2. The van der Waals surface area contributed by atoms with Crippen LogP contribution in [0.15, 0.2) is 0 Å². The number of carbonyl (C=O) groups excluding carboxylic acids is 2. The van der Waals surface area contributed by atoms with E-state index in [9.17, 15) is 29.7 Å². The Hall–Kier alpha value is -1.95. The molecule has 0 aromatic carbocycles. The summed E-state index contributed by atoms with van der Waals surface area (Å²) in [7, 11) is 0. The van der Waals surface area contributed by atoms with Crippen molar-refractivity contribution in [2.75, 3.05) is 13.2 Å². The van der Waals surface area contributed by atoms with Gasteiger partial charge in [-0.05, 0) is 12.8 Å². The van der Waals surface area contributed by atoms with Crippen molar-refractivity contribution in [1.29, 1.82) is 0 Å². The Morgan fingerprint density at radius 3 is 2.42 bits per heavy atom. The Labute approximate surface area is 150 Å². The molecule has 1 saturated heterocycles. The number of alkyl carbamates (subject to hydrolysis) is 1. The molecule has 2 amide bonds. The van der Waals surface area contributed by atoms with Crippen molar-refractivity contribution in [2.45, 2.75) is 63.3 Å². The number of aliphatic hydroxyl groups is 3. The van der Waals surface area contributed by atoms with E-state index in [0.29, 0.717) is 6.42 Å². The fourth-order valence-corrected chi connectivity index (χ4v) is 2.36. The third-order valence-electron chi connectivity index (χ3n) is 3.74. The minimum Gasteiger partial charge on any atom is -0.481 e. The third-order valence-corrected chi connectivity index (χ3v) is 3.74. The number of nitrogens with one attached hydrogen (secondary N) is 2. The molecule has 1 aliphatic heterocycles. The Morgan fingerprint density at radius 1 is 1.12 bits per heavy atom. The molecule has 0 aromatic rings. The molecule has 0 bridgehead atoms. The number of carboxylic acids is 1. The Kier molecular flexibility index (Phi) is 9.27. The van der Waals surface area contributed by atoms with Crippen LogP contribution in [0.1, 0.15) is 32.6 Å². The Balaban J connectivity index is 2.42. The molecular formula is C15H26N2O9. The quantitative estimate of drug-likeness (QED) is 0.255. The molecule has 11 nitrogen and oxygen atoms in total. The predicted octanol–water partition coefficient (Wildman–Crippen LogP) is -1.70. The highest BCUT2D eigenvalue weighted by atomic mass is 16.6. The summed E-state index contributed by atoms with van der Waals surface area (Å²) in [6, 6.07) is -1.20. The van der Waals surface area contributed by atoms with E-state index in [1.165, 1.54) is 0 Å². The molecule has 5 atom stereocenters. The predicted molar refractivity (Wildman–Crippen MR) is 86.0 cm³/mol. The van der Waals surface area contributed by atoms with Gasteiger partial charge in [0.15, 0.2) is 6.29 Å². The molecule has 1 fully saturated rings. The van der Waals surface area contributed by atoms with Crippen LogP contribution in [-0.2, 0) is 19.1 Å². The van der Waals surface area contributed by atoms with Crippen LogP contribution in [-0.4, -0.2) is 82.2 Å². The van der Waals surface area contributed by atoms with Gasteiger partial charge < -0.3 is 40.5 Å². The van der Waals surface area contributed by atoms with Crippen LogP contribution in [0, 0.1) is 0 Å². The molecule has 0 spiro atoms. The highest BCUT2D eigenvalue weighted by Crippen LogP contribution is 2.20. The van der Waals surface area contributed by atoms with Gasteiger partial charge >= 0.3 is 12.1 Å². The maximum absolute atomic E-state index is 11.6. The number of carbonyl (C=O) groups is 3. The second kappa shape index (κ2) is 10.9. The molecule has 1 aliphatic rings. The number of carboxylic acid groups (broad SMARTS) is 1. The van der Waals surface area contributed by atoms with Gasteiger partial charge in [0.1, 0.15) is 31.0 Å². The first-order valence-corrected chi connectivity index (χ1v) is 8.37. The summed E-state index contributed by atoms with van der Waals surface area (Å²) in [5.41, 5.74) is 0. The SMILES string of the molecule is CCCC(=O)N[C@H]1C(O)O[C@H](COC(=O)NCCCC(=O)O)[C@@H](O)C1O. The van der Waals surface area contributed by atoms with Crippen LogP contribution >= 0.6 is 0 Å². The molecule has 1 rings (SSSR count). The zero-order valence-corrected chi connectivity index (χ0v) is 14.5. The first-order chi connectivity index (χ1) is 12.3. The van der Waals surface area contributed by atoms with Crippen molar-refractivity contribution in [3.05, 3.63) is 0 Å². The van der Waals surface area contributed by atoms with Crippen molar-refractivity contribution in [3.63, 3.8) is 0 Å². The smallest absolute Gasteiger partial charge is 0.407 e. The molecule has 11 heteroatoms. The minimum absolute atomic E-state index is 0.0932. The van der Waals surface area contributed by atoms with Crippen molar-refractivity contribution in [3.8, 4) is 0 Å². The fraction of sp³-hybridized carbons (Fsp3) is 0.800. The summed E-state index contributed by atoms with van der Waals surface area (Å²) < 4.78 is 9.93. The maximum Gasteiger partial charge on any atom is 0.407 e. The number of ether oxygens (including phenoxy) is 2. The molecular weight excluding hydrogens is 352 g/mol. The molecule has 150 valence electrons. The monoisotopic (exact) mass is 378 g/mol. The van der Waals surface area contributed by atoms with Gasteiger partial charge in [0.2, 0.25) is 5.91 Å². The number of aliphatic carboxylic acids is 1. The molecule has 0 aliphatic carbocycles. The second-order valence-corrected chi connectivity index (χ2v) is 5.91. The molecule has 0 aromatic heterocycles. The van der Waals surface area contributed by atoms with Crippen LogP contribution < -0.4 is 10.6 Å². The number of amides is 2. The number of rotatable bonds is 9. The lowest BCUT2D eigenvalue weighted by Gasteiger charge is -2.40. The summed E-state index contributed by atoms with van der Waals surface area (Å²) in [5.74, 6) is -1.38. The molecule has 26 heavy (non-hydrogen) atoms. The summed E-state index contributed by atoms with van der Waals surface area (Å²) in [4.78, 5) is 33.4. The molecule has 2 unspecified atom stereocenters. The van der Waals surface area contributed by atoms with Crippen molar-refractivity contribution < 1.29 is 44.3 Å². The van der Waals surface area contributed by atoms with Crippen LogP contribution in [0.3, 0.4) is 0 Å². The maximum atomic E-state index is 11.6. The molecule has 1 heterocycles. The van der Waals surface area contributed by atoms with E-state index in [2.05, 4.69) is 10.6 Å². The average molecular weight is 378 g/mol. The van der Waals surface area contributed by atoms with Crippen molar-refractivity contribution >= 4 is 18.0 Å². The Bertz CT molecular complexity index is 488. The average Bonchev–Trinajstić information content (AvgIpc) is 2.57. The third kappa shape index (κ3) is 7.12. The molecule has 0 saturated carbocycles. The second-order valence-electron chi connectivity index (χ2n) is 5.91. The van der Waals surface area contributed by atoms with Crippen LogP contribution in [0.4, 0.5) is 4.79 Å². The lowest BCUT2D eigenvalue weighted by molar-refractivity contribution is -0.253. The van der Waals surface area contributed by atoms with E-state index in [0.717, 1.165) is 0 Å². The summed E-state index contributed by atoms with van der Waals surface area (Å²) in [6.45, 7) is 1.43. The van der Waals surface area contributed by atoms with Gasteiger partial charge in [0.25, 0.3) is 0 Å². The lowest BCUT2D eigenvalue weighted by Crippen LogP contribution is -2.64. The Morgan fingerprint density at radius 2 is 1.81 bits per heavy atom. The van der Waals surface area contributed by atoms with E-state index in [1.54, 1.807) is 6.92 Å². The van der Waals surface area contributed by atoms with E-state index >= 15 is 0 Å². The molecule has 0 radical (unpaired) electrons. The zero-order valence-electron chi connectivity index (χ0n) is 14.5. The number of hydrogen-bond donors (Lipinski definition) is 6. The highest BCUT2D eigenvalue weighted by Gasteiger charge is 2.44. The summed E-state index contributed by atoms with van der Waals surface area (Å²) >= 11 is 0. The molecule has 6 N–H and O–H groups in total. The van der Waals surface area contributed by atoms with Crippen molar-refractivity contribution in [1.82, 2.24) is 10.6 Å². The zero-order chi connectivity index (χ0) is 19.7. The summed E-state index contributed by atoms with van der Waals surface area (Å²) in [5, 5.41) is 43.2. The summed E-state index contributed by atoms with van der Waals surface area (Å²) in [6.07, 6.45) is -5.74. The van der Waals surface area contributed by atoms with Gasteiger partial charge in [-0.15, -0.1) is 0 Å². The van der Waals surface area contributed by atoms with Gasteiger partial charge in [-0.2, -0.15) is 0 Å². The van der Waals surface area contributed by atoms with Gasteiger partial charge in [0, 0.05) is 19.4 Å². The standard InChI is InChI=1S/C15H26N2O9/c1-2-4-9(18)17-11-13(22)12(21)8(26-14(11)23)7-25-15(24)16-6-3-5-10(19)20/h8,11-14,21-23H,2-7H2,1H3,(H,16,24)(H,17,18)(H,19,20)/t8-,11-,12-,13?,14?/m1/s1. The fourth-order valence-electron chi connectivity index (χ4n) is 2.36. The van der Waals surface area contributed by atoms with Gasteiger partial charge in [-0.25, -0.2) is 4.79 Å².